The number of fused-ring (bicyclic) bond motifs is 1. The fourth-order valence-corrected chi connectivity index (χ4v) is 3.29. The van der Waals surface area contributed by atoms with Gasteiger partial charge in [0, 0.05) is 30.7 Å². The normalized spacial score (nSPS) is 30.8. The maximum absolute atomic E-state index is 9.88. The van der Waals surface area contributed by atoms with E-state index in [-0.39, 0.29) is 18.6 Å². The molecule has 1 aliphatic heterocycles. The van der Waals surface area contributed by atoms with Gasteiger partial charge in [-0.25, -0.2) is 9.97 Å². The van der Waals surface area contributed by atoms with Gasteiger partial charge < -0.3 is 15.1 Å². The van der Waals surface area contributed by atoms with Gasteiger partial charge in [0.05, 0.1) is 6.10 Å². The van der Waals surface area contributed by atoms with E-state index in [9.17, 15) is 10.2 Å². The second kappa shape index (κ2) is 4.64. The van der Waals surface area contributed by atoms with Crippen LogP contribution in [0.4, 0.5) is 5.82 Å². The van der Waals surface area contributed by atoms with Crippen LogP contribution >= 0.6 is 11.6 Å². The summed E-state index contributed by atoms with van der Waals surface area (Å²) in [6, 6.07) is 0.240. The number of hydrogen-bond donors (Lipinski definition) is 2. The number of nitrogens with zero attached hydrogens (tertiary/aromatic N) is 3. The number of halogens is 1. The van der Waals surface area contributed by atoms with E-state index in [1.165, 1.54) is 6.33 Å². The zero-order valence-corrected chi connectivity index (χ0v) is 10.7. The molecule has 0 bridgehead atoms. The van der Waals surface area contributed by atoms with Gasteiger partial charge in [-0.3, -0.25) is 0 Å². The fourth-order valence-electron chi connectivity index (χ4n) is 3.06. The van der Waals surface area contributed by atoms with E-state index in [1.54, 1.807) is 0 Å². The van der Waals surface area contributed by atoms with Gasteiger partial charge in [0.1, 0.15) is 17.3 Å². The van der Waals surface area contributed by atoms with Crippen molar-refractivity contribution in [2.45, 2.75) is 31.4 Å². The minimum atomic E-state index is -0.415. The molecule has 3 atom stereocenters. The standard InChI is InChI=1S/C12H16ClN3O2/c13-11-9-1-2-16(12(9)15-6-14-11)8-3-7(5-17)10(18)4-8/h6-8,10,17-18H,1-5H2. The van der Waals surface area contributed by atoms with Crippen molar-refractivity contribution in [3.05, 3.63) is 17.0 Å². The highest BCUT2D eigenvalue weighted by Gasteiger charge is 2.38. The monoisotopic (exact) mass is 269 g/mol. The molecule has 6 heteroatoms. The summed E-state index contributed by atoms with van der Waals surface area (Å²) in [6.45, 7) is 0.909. The van der Waals surface area contributed by atoms with Gasteiger partial charge in [-0.15, -0.1) is 0 Å². The van der Waals surface area contributed by atoms with Crippen molar-refractivity contribution in [3.8, 4) is 0 Å². The summed E-state index contributed by atoms with van der Waals surface area (Å²) < 4.78 is 0. The predicted octanol–water partition coefficient (Wildman–Crippen LogP) is 0.624. The molecule has 1 fully saturated rings. The molecule has 1 saturated carbocycles. The zero-order valence-electron chi connectivity index (χ0n) is 9.96. The van der Waals surface area contributed by atoms with Crippen LogP contribution in [0.5, 0.6) is 0 Å². The lowest BCUT2D eigenvalue weighted by Crippen LogP contribution is -2.32. The van der Waals surface area contributed by atoms with Crippen molar-refractivity contribution < 1.29 is 10.2 Å². The third-order valence-corrected chi connectivity index (χ3v) is 4.38. The minimum absolute atomic E-state index is 0.0173. The molecule has 2 aliphatic rings. The molecule has 98 valence electrons. The van der Waals surface area contributed by atoms with Gasteiger partial charge in [0.25, 0.3) is 0 Å². The Bertz CT molecular complexity index is 457. The Hall–Kier alpha value is -0.910. The number of aliphatic hydroxyl groups is 2. The molecule has 0 saturated heterocycles. The molecule has 3 rings (SSSR count). The smallest absolute Gasteiger partial charge is 0.137 e. The molecule has 1 aromatic heterocycles. The van der Waals surface area contributed by atoms with Crippen LogP contribution in [0.15, 0.2) is 6.33 Å². The Labute approximate surface area is 110 Å². The molecule has 0 radical (unpaired) electrons. The summed E-state index contributed by atoms with van der Waals surface area (Å²) in [7, 11) is 0. The van der Waals surface area contributed by atoms with Gasteiger partial charge in [0.15, 0.2) is 0 Å². The van der Waals surface area contributed by atoms with E-state index in [4.69, 9.17) is 11.6 Å². The van der Waals surface area contributed by atoms with E-state index in [1.807, 2.05) is 0 Å². The van der Waals surface area contributed by atoms with Gasteiger partial charge >= 0.3 is 0 Å². The first-order valence-electron chi connectivity index (χ1n) is 6.25. The highest BCUT2D eigenvalue weighted by atomic mass is 35.5. The topological polar surface area (TPSA) is 69.5 Å². The van der Waals surface area contributed by atoms with Crippen LogP contribution in [-0.2, 0) is 6.42 Å². The van der Waals surface area contributed by atoms with Crippen LogP contribution in [0.3, 0.4) is 0 Å². The molecule has 5 nitrogen and oxygen atoms in total. The summed E-state index contributed by atoms with van der Waals surface area (Å²) >= 11 is 6.06. The first-order chi connectivity index (χ1) is 8.70. The van der Waals surface area contributed by atoms with Crippen molar-refractivity contribution in [1.29, 1.82) is 0 Å². The van der Waals surface area contributed by atoms with Crippen LogP contribution in [0.1, 0.15) is 18.4 Å². The van der Waals surface area contributed by atoms with E-state index < -0.39 is 6.10 Å². The fraction of sp³-hybridized carbons (Fsp3) is 0.667. The lowest BCUT2D eigenvalue weighted by Gasteiger charge is -2.25. The molecule has 1 aliphatic carbocycles. The number of rotatable bonds is 2. The molecular weight excluding hydrogens is 254 g/mol. The summed E-state index contributed by atoms with van der Waals surface area (Å²) in [4.78, 5) is 10.5. The Balaban J connectivity index is 1.83. The van der Waals surface area contributed by atoms with Gasteiger partial charge in [-0.05, 0) is 19.3 Å². The highest BCUT2D eigenvalue weighted by molar-refractivity contribution is 6.30. The highest BCUT2D eigenvalue weighted by Crippen LogP contribution is 2.37. The van der Waals surface area contributed by atoms with Crippen molar-refractivity contribution in [3.63, 3.8) is 0 Å². The number of hydrogen-bond acceptors (Lipinski definition) is 5. The Morgan fingerprint density at radius 3 is 2.94 bits per heavy atom. The Kier molecular flexibility index (Phi) is 3.13. The summed E-state index contributed by atoms with van der Waals surface area (Å²) in [5, 5.41) is 19.6. The molecule has 3 unspecified atom stereocenters. The van der Waals surface area contributed by atoms with E-state index in [0.29, 0.717) is 11.6 Å². The molecule has 1 aromatic rings. The average Bonchev–Trinajstić information content (AvgIpc) is 2.93. The van der Waals surface area contributed by atoms with Crippen LogP contribution in [0.25, 0.3) is 0 Å². The quantitative estimate of drug-likeness (QED) is 0.771. The molecule has 2 heterocycles. The van der Waals surface area contributed by atoms with Gasteiger partial charge in [-0.1, -0.05) is 11.6 Å². The molecular formula is C12H16ClN3O2. The van der Waals surface area contributed by atoms with Crippen molar-refractivity contribution >= 4 is 17.4 Å². The maximum atomic E-state index is 9.88. The van der Waals surface area contributed by atoms with E-state index in [0.717, 1.165) is 30.8 Å². The first kappa shape index (κ1) is 12.1. The maximum Gasteiger partial charge on any atom is 0.137 e. The third-order valence-electron chi connectivity index (χ3n) is 4.05. The van der Waals surface area contributed by atoms with Gasteiger partial charge in [-0.2, -0.15) is 0 Å². The van der Waals surface area contributed by atoms with Crippen molar-refractivity contribution in [2.75, 3.05) is 18.1 Å². The lowest BCUT2D eigenvalue weighted by atomic mass is 10.1. The third kappa shape index (κ3) is 1.86. The van der Waals surface area contributed by atoms with E-state index in [2.05, 4.69) is 14.9 Å². The number of aliphatic hydroxyl groups excluding tert-OH is 2. The predicted molar refractivity (Wildman–Crippen MR) is 67.7 cm³/mol. The summed E-state index contributed by atoms with van der Waals surface area (Å²) in [6.07, 6.45) is 3.41. The first-order valence-corrected chi connectivity index (χ1v) is 6.63. The molecule has 2 N–H and O–H groups in total. The second-order valence-electron chi connectivity index (χ2n) is 5.05. The largest absolute Gasteiger partial charge is 0.396 e. The van der Waals surface area contributed by atoms with Crippen LogP contribution in [0.2, 0.25) is 5.15 Å². The Morgan fingerprint density at radius 1 is 1.39 bits per heavy atom. The number of anilines is 1. The molecule has 0 spiro atoms. The van der Waals surface area contributed by atoms with E-state index >= 15 is 0 Å². The SMILES string of the molecule is OCC1CC(N2CCc3c(Cl)ncnc32)CC1O. The molecule has 18 heavy (non-hydrogen) atoms. The lowest BCUT2D eigenvalue weighted by molar-refractivity contribution is 0.0908. The minimum Gasteiger partial charge on any atom is -0.396 e. The summed E-state index contributed by atoms with van der Waals surface area (Å²) in [5.41, 5.74) is 1.00. The molecule has 0 amide bonds. The second-order valence-corrected chi connectivity index (χ2v) is 5.40. The van der Waals surface area contributed by atoms with Crippen molar-refractivity contribution in [1.82, 2.24) is 9.97 Å². The van der Waals surface area contributed by atoms with Crippen LogP contribution < -0.4 is 4.90 Å². The summed E-state index contributed by atoms with van der Waals surface area (Å²) in [5.74, 6) is 0.877. The number of aromatic nitrogens is 2. The zero-order chi connectivity index (χ0) is 12.7. The van der Waals surface area contributed by atoms with Gasteiger partial charge in [0.2, 0.25) is 0 Å². The van der Waals surface area contributed by atoms with Crippen LogP contribution in [0, 0.1) is 5.92 Å². The average molecular weight is 270 g/mol. The Morgan fingerprint density at radius 2 is 2.22 bits per heavy atom. The van der Waals surface area contributed by atoms with Crippen molar-refractivity contribution in [2.24, 2.45) is 5.92 Å². The van der Waals surface area contributed by atoms with Crippen LogP contribution in [-0.4, -0.2) is 45.5 Å². The molecule has 0 aromatic carbocycles.